The molecule has 10 atom stereocenters. The summed E-state index contributed by atoms with van der Waals surface area (Å²) >= 11 is 3.75. The van der Waals surface area contributed by atoms with Crippen LogP contribution >= 0.6 is 15.9 Å². The average Bonchev–Trinajstić information content (AvgIpc) is 3.72. The van der Waals surface area contributed by atoms with Crippen LogP contribution in [-0.2, 0) is 28.7 Å². The molecule has 11 heteroatoms. The number of nitrogens with zero attached hydrogens (tertiary/aromatic N) is 2. The van der Waals surface area contributed by atoms with Gasteiger partial charge in [0, 0.05) is 23.8 Å². The van der Waals surface area contributed by atoms with Crippen molar-refractivity contribution in [3.05, 3.63) is 97.1 Å². The fourth-order valence-corrected chi connectivity index (χ4v) is 9.22. The number of benzene rings is 2. The molecule has 5 rings (SSSR count). The third-order valence-corrected chi connectivity index (χ3v) is 11.4. The number of ether oxygens (including phenoxy) is 2. The second-order valence-corrected chi connectivity index (χ2v) is 15.1. The summed E-state index contributed by atoms with van der Waals surface area (Å²) < 4.78 is 13.1. The zero-order valence-corrected chi connectivity index (χ0v) is 31.2. The van der Waals surface area contributed by atoms with E-state index in [4.69, 9.17) is 9.47 Å². The van der Waals surface area contributed by atoms with E-state index in [1.165, 1.54) is 4.90 Å². The van der Waals surface area contributed by atoms with E-state index in [0.717, 1.165) is 12.8 Å². The number of fused-ring (bicyclic) bond motifs is 1. The van der Waals surface area contributed by atoms with Crippen LogP contribution in [0.4, 0.5) is 0 Å². The lowest BCUT2D eigenvalue weighted by Crippen LogP contribution is -2.58. The van der Waals surface area contributed by atoms with Crippen molar-refractivity contribution in [1.29, 1.82) is 0 Å². The molecule has 2 aromatic rings. The van der Waals surface area contributed by atoms with Crippen LogP contribution in [-0.4, -0.2) is 86.4 Å². The molecule has 2 unspecified atom stereocenters. The lowest BCUT2D eigenvalue weighted by atomic mass is 9.70. The number of hydrogen-bond donors (Lipinski definition) is 2. The van der Waals surface area contributed by atoms with E-state index in [1.54, 1.807) is 24.0 Å². The summed E-state index contributed by atoms with van der Waals surface area (Å²) in [4.78, 5) is 60.0. The van der Waals surface area contributed by atoms with Gasteiger partial charge in [0.15, 0.2) is 0 Å². The zero-order valence-electron chi connectivity index (χ0n) is 29.7. The van der Waals surface area contributed by atoms with Crippen molar-refractivity contribution < 1.29 is 33.8 Å². The number of halogens is 1. The van der Waals surface area contributed by atoms with Gasteiger partial charge in [-0.2, -0.15) is 0 Å². The van der Waals surface area contributed by atoms with Crippen molar-refractivity contribution in [1.82, 2.24) is 15.1 Å². The highest BCUT2D eigenvalue weighted by Gasteiger charge is 2.77. The van der Waals surface area contributed by atoms with Gasteiger partial charge in [0.1, 0.15) is 17.7 Å². The van der Waals surface area contributed by atoms with Gasteiger partial charge in [0.25, 0.3) is 0 Å². The van der Waals surface area contributed by atoms with Gasteiger partial charge in [-0.05, 0) is 44.2 Å². The van der Waals surface area contributed by atoms with Gasteiger partial charge in [-0.1, -0.05) is 102 Å². The van der Waals surface area contributed by atoms with Gasteiger partial charge >= 0.3 is 5.97 Å². The number of amides is 3. The Kier molecular flexibility index (Phi) is 12.6. The Bertz CT molecular complexity index is 1570. The first kappa shape index (κ1) is 38.4. The maximum atomic E-state index is 14.9. The molecule has 3 amide bonds. The molecular weight excluding hydrogens is 714 g/mol. The molecule has 1 spiro atoms. The van der Waals surface area contributed by atoms with E-state index in [-0.39, 0.29) is 35.6 Å². The number of esters is 1. The molecule has 3 aliphatic heterocycles. The molecule has 0 saturated carbocycles. The minimum atomic E-state index is -1.36. The molecule has 51 heavy (non-hydrogen) atoms. The molecule has 3 saturated heterocycles. The van der Waals surface area contributed by atoms with E-state index in [1.807, 2.05) is 74.5 Å². The highest BCUT2D eigenvalue weighted by molar-refractivity contribution is 9.09. The highest BCUT2D eigenvalue weighted by Crippen LogP contribution is 2.61. The number of allylic oxidation sites excluding steroid dienone is 1. The number of carbonyl (C=O) groups is 4. The maximum absolute atomic E-state index is 14.9. The largest absolute Gasteiger partial charge is 0.455 e. The third-order valence-electron chi connectivity index (χ3n) is 10.6. The van der Waals surface area contributed by atoms with E-state index in [2.05, 4.69) is 34.4 Å². The Labute approximate surface area is 309 Å². The summed E-state index contributed by atoms with van der Waals surface area (Å²) in [6.45, 7) is 13.2. The fourth-order valence-electron chi connectivity index (χ4n) is 8.28. The average molecular weight is 765 g/mol. The maximum Gasteiger partial charge on any atom is 0.313 e. The monoisotopic (exact) mass is 763 g/mol. The summed E-state index contributed by atoms with van der Waals surface area (Å²) in [5.41, 5.74) is -0.0243. The smallest absolute Gasteiger partial charge is 0.313 e. The van der Waals surface area contributed by atoms with Gasteiger partial charge in [0.05, 0.1) is 36.6 Å². The number of carbonyl (C=O) groups excluding carboxylic acids is 4. The Morgan fingerprint density at radius 1 is 1.10 bits per heavy atom. The van der Waals surface area contributed by atoms with E-state index in [0.29, 0.717) is 24.0 Å². The topological polar surface area (TPSA) is 125 Å². The molecule has 0 radical (unpaired) electrons. The molecule has 274 valence electrons. The number of aliphatic hydroxyl groups is 1. The second-order valence-electron chi connectivity index (χ2n) is 13.9. The predicted molar refractivity (Wildman–Crippen MR) is 197 cm³/mol. The molecule has 2 aromatic carbocycles. The highest BCUT2D eigenvalue weighted by atomic mass is 79.9. The summed E-state index contributed by atoms with van der Waals surface area (Å²) in [6, 6.07) is 15.5. The first-order valence-corrected chi connectivity index (χ1v) is 18.8. The standard InChI is InChI=1S/C40H50BrN3O7/c1-6-9-21-31(46)42-26(5)34(28-19-14-11-15-20-28)50-39(49)32-33-37(47)44(30(24-45)27-17-12-10-13-18-27)36(40(33)23-29(41)35(32)51-40)38(48)43(22-8-3)25(4)16-7-2/h6,8,10-15,17-20,25-26,29-30,32-36,45H,1,3,7,9,16,21-24H2,2,4-5H3,(H,42,46)/t25?,26-,29?,30-,32-,33+,34-,35-,36-,40+/m1/s1. The quantitative estimate of drug-likeness (QED) is 0.125. The Balaban J connectivity index is 1.56. The molecule has 0 aromatic heterocycles. The van der Waals surface area contributed by atoms with Gasteiger partial charge in [-0.25, -0.2) is 0 Å². The van der Waals surface area contributed by atoms with Crippen LogP contribution < -0.4 is 5.32 Å². The van der Waals surface area contributed by atoms with E-state index in [9.17, 15) is 24.3 Å². The van der Waals surface area contributed by atoms with Gasteiger partial charge in [-0.3, -0.25) is 19.2 Å². The predicted octanol–water partition coefficient (Wildman–Crippen LogP) is 5.43. The van der Waals surface area contributed by atoms with Crippen LogP contribution in [0.3, 0.4) is 0 Å². The van der Waals surface area contributed by atoms with E-state index >= 15 is 0 Å². The van der Waals surface area contributed by atoms with Crippen molar-refractivity contribution in [3.8, 4) is 0 Å². The minimum absolute atomic E-state index is 0.161. The molecule has 3 fully saturated rings. The van der Waals surface area contributed by atoms with Crippen LogP contribution in [0.1, 0.15) is 76.1 Å². The first-order chi connectivity index (χ1) is 24.5. The SMILES string of the molecule is C=CCCC(=O)N[C@H](C)[C@@H](OC(=O)[C@H]1[C@@H]2O[C@@]3(CC2Br)[C@@H]1C(=O)N([C@H](CO)c1ccccc1)[C@@H]3C(=O)N(CC=C)C(C)CCC)c1ccccc1. The van der Waals surface area contributed by atoms with Crippen molar-refractivity contribution >= 4 is 39.6 Å². The molecule has 0 aliphatic carbocycles. The van der Waals surface area contributed by atoms with Crippen LogP contribution in [0, 0.1) is 11.8 Å². The Morgan fingerprint density at radius 2 is 1.75 bits per heavy atom. The fraction of sp³-hybridized carbons (Fsp3) is 0.500. The van der Waals surface area contributed by atoms with Crippen LogP contribution in [0.15, 0.2) is 86.0 Å². The summed E-state index contributed by atoms with van der Waals surface area (Å²) in [5, 5.41) is 13.8. The van der Waals surface area contributed by atoms with Gasteiger partial charge in [0.2, 0.25) is 17.7 Å². The van der Waals surface area contributed by atoms with E-state index < -0.39 is 66.3 Å². The van der Waals surface area contributed by atoms with Crippen molar-refractivity contribution in [2.75, 3.05) is 13.2 Å². The first-order valence-electron chi connectivity index (χ1n) is 17.9. The second kappa shape index (κ2) is 16.7. The van der Waals surface area contributed by atoms with Gasteiger partial charge in [-0.15, -0.1) is 13.2 Å². The summed E-state index contributed by atoms with van der Waals surface area (Å²) in [5.74, 6) is -3.71. The number of hydrogen-bond acceptors (Lipinski definition) is 7. The van der Waals surface area contributed by atoms with Crippen LogP contribution in [0.2, 0.25) is 0 Å². The summed E-state index contributed by atoms with van der Waals surface area (Å²) in [7, 11) is 0. The molecule has 10 nitrogen and oxygen atoms in total. The number of nitrogens with one attached hydrogen (secondary N) is 1. The molecule has 3 heterocycles. The van der Waals surface area contributed by atoms with Crippen molar-refractivity contribution in [2.24, 2.45) is 11.8 Å². The lowest BCUT2D eigenvalue weighted by molar-refractivity contribution is -0.162. The van der Waals surface area contributed by atoms with Crippen molar-refractivity contribution in [2.45, 2.75) is 99.7 Å². The van der Waals surface area contributed by atoms with Gasteiger partial charge < -0.3 is 29.7 Å². The van der Waals surface area contributed by atoms with Crippen LogP contribution in [0.25, 0.3) is 0 Å². The molecule has 2 bridgehead atoms. The number of likely N-dealkylation sites (tertiary alicyclic amines) is 1. The Hall–Kier alpha value is -3.80. The molecule has 2 N–H and O–H groups in total. The summed E-state index contributed by atoms with van der Waals surface area (Å²) in [6.07, 6.45) is 4.35. The zero-order chi connectivity index (χ0) is 36.9. The molecular formula is C40H50BrN3O7. The number of rotatable bonds is 17. The number of alkyl halides is 1. The molecule has 3 aliphatic rings. The third kappa shape index (κ3) is 7.43. The minimum Gasteiger partial charge on any atom is -0.455 e. The Morgan fingerprint density at radius 3 is 2.33 bits per heavy atom. The normalized spacial score (nSPS) is 27.2. The lowest BCUT2D eigenvalue weighted by Gasteiger charge is -2.41. The van der Waals surface area contributed by atoms with Crippen LogP contribution in [0.5, 0.6) is 0 Å². The number of aliphatic hydroxyl groups excluding tert-OH is 1. The van der Waals surface area contributed by atoms with Crippen molar-refractivity contribution in [3.63, 3.8) is 0 Å².